The second kappa shape index (κ2) is 7.53. The molecule has 3 heteroatoms. The summed E-state index contributed by atoms with van der Waals surface area (Å²) < 4.78 is 10.7. The minimum atomic E-state index is 0.0813. The summed E-state index contributed by atoms with van der Waals surface area (Å²) in [7, 11) is 0. The van der Waals surface area contributed by atoms with E-state index < -0.39 is 0 Å². The topological polar surface area (TPSA) is 42.3 Å². The lowest BCUT2D eigenvalue weighted by atomic mass is 9.89. The molecule has 0 bridgehead atoms. The molecule has 0 spiro atoms. The monoisotopic (exact) mass is 271 g/mol. The van der Waals surface area contributed by atoms with Gasteiger partial charge in [-0.2, -0.15) is 0 Å². The fourth-order valence-electron chi connectivity index (χ4n) is 2.23. The molecule has 1 N–H and O–H groups in total. The zero-order valence-corrected chi connectivity index (χ0v) is 11.7. The number of nitrogens with one attached hydrogen (secondary N) is 1. The number of allylic oxidation sites excluding steroid dienone is 7. The van der Waals surface area contributed by atoms with Crippen molar-refractivity contribution in [2.75, 3.05) is 13.2 Å². The molecule has 0 saturated heterocycles. The third-order valence-electron chi connectivity index (χ3n) is 3.31. The van der Waals surface area contributed by atoms with Crippen molar-refractivity contribution in [2.24, 2.45) is 5.92 Å². The smallest absolute Gasteiger partial charge is 0.205 e. The summed E-state index contributed by atoms with van der Waals surface area (Å²) >= 11 is 0. The van der Waals surface area contributed by atoms with Crippen molar-refractivity contribution >= 4 is 5.90 Å². The highest BCUT2D eigenvalue weighted by atomic mass is 16.5. The van der Waals surface area contributed by atoms with Crippen molar-refractivity contribution < 1.29 is 9.47 Å². The molecule has 0 aromatic carbocycles. The van der Waals surface area contributed by atoms with Gasteiger partial charge in [0.05, 0.1) is 0 Å². The lowest BCUT2D eigenvalue weighted by molar-refractivity contribution is 0.157. The first-order chi connectivity index (χ1) is 9.79. The summed E-state index contributed by atoms with van der Waals surface area (Å²) in [5.41, 5.74) is 1.41. The Kier molecular flexibility index (Phi) is 5.42. The largest absolute Gasteiger partial charge is 0.490 e. The molecule has 2 rings (SSSR count). The Labute approximate surface area is 120 Å². The third-order valence-corrected chi connectivity index (χ3v) is 3.31. The Bertz CT molecular complexity index is 483. The van der Waals surface area contributed by atoms with Crippen LogP contribution in [0.5, 0.6) is 0 Å². The maximum atomic E-state index is 7.26. The SMILES string of the molecule is C=CC(=N)OCCOC1=CCC(C2=CCCC=C2)C=C1. The molecule has 0 saturated carbocycles. The van der Waals surface area contributed by atoms with Gasteiger partial charge in [-0.05, 0) is 43.1 Å². The Morgan fingerprint density at radius 1 is 1.30 bits per heavy atom. The maximum absolute atomic E-state index is 7.26. The molecular weight excluding hydrogens is 250 g/mol. The molecule has 1 atom stereocenters. The molecule has 2 aliphatic rings. The van der Waals surface area contributed by atoms with E-state index in [1.54, 1.807) is 0 Å². The van der Waals surface area contributed by atoms with Crippen molar-refractivity contribution in [1.29, 1.82) is 5.41 Å². The van der Waals surface area contributed by atoms with Crippen LogP contribution in [0.3, 0.4) is 0 Å². The Morgan fingerprint density at radius 2 is 2.20 bits per heavy atom. The van der Waals surface area contributed by atoms with Crippen LogP contribution in [0.25, 0.3) is 0 Å². The summed E-state index contributed by atoms with van der Waals surface area (Å²) in [6.45, 7) is 4.27. The first kappa shape index (κ1) is 14.4. The van der Waals surface area contributed by atoms with E-state index in [1.165, 1.54) is 11.6 Å². The second-order valence-corrected chi connectivity index (χ2v) is 4.76. The van der Waals surface area contributed by atoms with E-state index in [1.807, 2.05) is 6.08 Å². The lowest BCUT2D eigenvalue weighted by Gasteiger charge is -2.19. The van der Waals surface area contributed by atoms with Crippen molar-refractivity contribution in [3.63, 3.8) is 0 Å². The lowest BCUT2D eigenvalue weighted by Crippen LogP contribution is -2.09. The molecule has 0 aromatic rings. The van der Waals surface area contributed by atoms with E-state index in [-0.39, 0.29) is 5.90 Å². The predicted molar refractivity (Wildman–Crippen MR) is 81.6 cm³/mol. The summed E-state index contributed by atoms with van der Waals surface area (Å²) in [6.07, 6.45) is 17.8. The zero-order valence-electron chi connectivity index (χ0n) is 11.7. The van der Waals surface area contributed by atoms with E-state index in [9.17, 15) is 0 Å². The standard InChI is InChI=1S/C17H21NO2/c1-2-17(18)20-13-12-19-16-10-8-15(9-11-16)14-6-4-3-5-7-14/h2,4,6-8,10-11,15,18H,1,3,5,9,12-13H2. The number of rotatable bonds is 6. The van der Waals surface area contributed by atoms with Crippen LogP contribution in [-0.4, -0.2) is 19.1 Å². The van der Waals surface area contributed by atoms with Gasteiger partial charge in [-0.3, -0.25) is 5.41 Å². The van der Waals surface area contributed by atoms with Crippen molar-refractivity contribution in [3.05, 3.63) is 60.4 Å². The average Bonchev–Trinajstić information content (AvgIpc) is 2.52. The van der Waals surface area contributed by atoms with Crippen LogP contribution < -0.4 is 0 Å². The van der Waals surface area contributed by atoms with Gasteiger partial charge in [0.15, 0.2) is 0 Å². The highest BCUT2D eigenvalue weighted by molar-refractivity contribution is 5.83. The highest BCUT2D eigenvalue weighted by Gasteiger charge is 2.13. The van der Waals surface area contributed by atoms with Gasteiger partial charge < -0.3 is 9.47 Å². The Morgan fingerprint density at radius 3 is 2.85 bits per heavy atom. The van der Waals surface area contributed by atoms with E-state index in [2.05, 4.69) is 37.0 Å². The molecule has 0 heterocycles. The molecule has 0 aromatic heterocycles. The molecule has 0 aliphatic heterocycles. The van der Waals surface area contributed by atoms with E-state index >= 15 is 0 Å². The van der Waals surface area contributed by atoms with Crippen LogP contribution in [0.15, 0.2) is 60.4 Å². The summed E-state index contributed by atoms with van der Waals surface area (Å²) in [5, 5.41) is 7.26. The van der Waals surface area contributed by atoms with Gasteiger partial charge in [0.25, 0.3) is 0 Å². The average molecular weight is 271 g/mol. The van der Waals surface area contributed by atoms with E-state index in [0.717, 1.165) is 25.0 Å². The van der Waals surface area contributed by atoms with Crippen molar-refractivity contribution in [2.45, 2.75) is 19.3 Å². The number of hydrogen-bond acceptors (Lipinski definition) is 3. The minimum absolute atomic E-state index is 0.0813. The molecule has 3 nitrogen and oxygen atoms in total. The second-order valence-electron chi connectivity index (χ2n) is 4.76. The zero-order chi connectivity index (χ0) is 14.2. The molecule has 20 heavy (non-hydrogen) atoms. The molecule has 0 fully saturated rings. The van der Waals surface area contributed by atoms with Gasteiger partial charge in [-0.1, -0.05) is 30.9 Å². The first-order valence-corrected chi connectivity index (χ1v) is 7.01. The van der Waals surface area contributed by atoms with Crippen LogP contribution in [0, 0.1) is 11.3 Å². The van der Waals surface area contributed by atoms with Gasteiger partial charge in [-0.15, -0.1) is 0 Å². The predicted octanol–water partition coefficient (Wildman–Crippen LogP) is 3.92. The van der Waals surface area contributed by atoms with E-state index in [4.69, 9.17) is 14.9 Å². The first-order valence-electron chi connectivity index (χ1n) is 7.01. The minimum Gasteiger partial charge on any atom is -0.490 e. The van der Waals surface area contributed by atoms with Crippen molar-refractivity contribution in [1.82, 2.24) is 0 Å². The van der Waals surface area contributed by atoms with Gasteiger partial charge in [0, 0.05) is 5.92 Å². The summed E-state index contributed by atoms with van der Waals surface area (Å²) in [5.74, 6) is 1.44. The summed E-state index contributed by atoms with van der Waals surface area (Å²) in [6, 6.07) is 0. The quantitative estimate of drug-likeness (QED) is 0.452. The molecule has 0 radical (unpaired) electrons. The van der Waals surface area contributed by atoms with Gasteiger partial charge in [0.1, 0.15) is 19.0 Å². The Balaban J connectivity index is 1.72. The third kappa shape index (κ3) is 4.26. The molecule has 106 valence electrons. The molecule has 2 aliphatic carbocycles. The fraction of sp³-hybridized carbons (Fsp3) is 0.353. The summed E-state index contributed by atoms with van der Waals surface area (Å²) in [4.78, 5) is 0. The van der Waals surface area contributed by atoms with Gasteiger partial charge in [-0.25, -0.2) is 0 Å². The molecule has 0 amide bonds. The van der Waals surface area contributed by atoms with Crippen LogP contribution in [0.1, 0.15) is 19.3 Å². The maximum Gasteiger partial charge on any atom is 0.205 e. The van der Waals surface area contributed by atoms with Crippen molar-refractivity contribution in [3.8, 4) is 0 Å². The van der Waals surface area contributed by atoms with Crippen LogP contribution >= 0.6 is 0 Å². The van der Waals surface area contributed by atoms with Gasteiger partial charge >= 0.3 is 0 Å². The number of ether oxygens (including phenoxy) is 2. The number of hydrogen-bond donors (Lipinski definition) is 1. The van der Waals surface area contributed by atoms with Crippen LogP contribution in [0.2, 0.25) is 0 Å². The highest BCUT2D eigenvalue weighted by Crippen LogP contribution is 2.27. The fourth-order valence-corrected chi connectivity index (χ4v) is 2.23. The van der Waals surface area contributed by atoms with Crippen LogP contribution in [0.4, 0.5) is 0 Å². The van der Waals surface area contributed by atoms with E-state index in [0.29, 0.717) is 19.1 Å². The molecular formula is C17H21NO2. The van der Waals surface area contributed by atoms with Gasteiger partial charge in [0.2, 0.25) is 5.90 Å². The normalized spacial score (nSPS) is 20.9. The van der Waals surface area contributed by atoms with Crippen LogP contribution in [-0.2, 0) is 9.47 Å². The Hall–Kier alpha value is -2.03. The molecule has 1 unspecified atom stereocenters.